The Morgan fingerprint density at radius 3 is 2.69 bits per heavy atom. The van der Waals surface area contributed by atoms with Crippen LogP contribution >= 0.6 is 23.2 Å². The maximum absolute atomic E-state index is 6.05. The molecule has 0 saturated carbocycles. The molecule has 0 radical (unpaired) electrons. The molecule has 0 saturated heterocycles. The van der Waals surface area contributed by atoms with Gasteiger partial charge >= 0.3 is 0 Å². The Bertz CT molecular complexity index is 508. The van der Waals surface area contributed by atoms with E-state index in [0.29, 0.717) is 21.5 Å². The number of halogens is 2. The number of rotatable bonds is 2. The average molecular weight is 257 g/mol. The van der Waals surface area contributed by atoms with E-state index < -0.39 is 0 Å². The minimum atomic E-state index is -0.195. The Morgan fingerprint density at radius 2 is 2.06 bits per heavy atom. The molecule has 1 atom stereocenters. The lowest BCUT2D eigenvalue weighted by molar-refractivity contribution is 0.369. The highest BCUT2D eigenvalue weighted by molar-refractivity contribution is 6.35. The van der Waals surface area contributed by atoms with Gasteiger partial charge in [0.1, 0.15) is 5.69 Å². The number of hydrogen-bond donors (Lipinski definition) is 1. The normalized spacial score (nSPS) is 12.8. The molecule has 1 aromatic carbocycles. The predicted molar refractivity (Wildman–Crippen MR) is 64.6 cm³/mol. The minimum Gasteiger partial charge on any atom is -0.359 e. The Labute approximate surface area is 103 Å². The Morgan fingerprint density at radius 1 is 1.31 bits per heavy atom. The zero-order valence-electron chi connectivity index (χ0n) is 8.58. The van der Waals surface area contributed by atoms with Crippen LogP contribution in [0.5, 0.6) is 0 Å². The van der Waals surface area contributed by atoms with Gasteiger partial charge in [0, 0.05) is 16.7 Å². The van der Waals surface area contributed by atoms with Gasteiger partial charge in [0.15, 0.2) is 5.76 Å². The summed E-state index contributed by atoms with van der Waals surface area (Å²) < 4.78 is 5.10. The van der Waals surface area contributed by atoms with Crippen LogP contribution in [-0.2, 0) is 0 Å². The molecule has 1 unspecified atom stereocenters. The number of hydrogen-bond acceptors (Lipinski definition) is 3. The Kier molecular flexibility index (Phi) is 3.19. The third-order valence-corrected chi connectivity index (χ3v) is 2.75. The van der Waals surface area contributed by atoms with Gasteiger partial charge in [0.2, 0.25) is 0 Å². The number of benzene rings is 1. The van der Waals surface area contributed by atoms with Crippen molar-refractivity contribution in [2.24, 2.45) is 5.73 Å². The lowest BCUT2D eigenvalue weighted by Crippen LogP contribution is -2.02. The van der Waals surface area contributed by atoms with E-state index in [4.69, 9.17) is 33.5 Å². The molecule has 5 heteroatoms. The molecular formula is C11H10Cl2N2O. The Balaban J connectivity index is 2.46. The van der Waals surface area contributed by atoms with E-state index in [0.717, 1.165) is 5.56 Å². The summed E-state index contributed by atoms with van der Waals surface area (Å²) in [4.78, 5) is 0. The fraction of sp³-hybridized carbons (Fsp3) is 0.182. The van der Waals surface area contributed by atoms with Gasteiger partial charge in [-0.05, 0) is 25.1 Å². The van der Waals surface area contributed by atoms with E-state index in [1.807, 2.05) is 6.92 Å². The van der Waals surface area contributed by atoms with Crippen LogP contribution in [0.4, 0.5) is 0 Å². The van der Waals surface area contributed by atoms with E-state index in [-0.39, 0.29) is 6.04 Å². The first-order valence-electron chi connectivity index (χ1n) is 4.75. The molecular weight excluding hydrogens is 247 g/mol. The number of nitrogens with two attached hydrogens (primary N) is 1. The second-order valence-corrected chi connectivity index (χ2v) is 4.37. The zero-order chi connectivity index (χ0) is 11.7. The summed E-state index contributed by atoms with van der Waals surface area (Å²) in [7, 11) is 0. The molecule has 0 spiro atoms. The van der Waals surface area contributed by atoms with Crippen LogP contribution in [0, 0.1) is 0 Å². The molecule has 2 N–H and O–H groups in total. The molecule has 1 heterocycles. The first-order chi connectivity index (χ1) is 7.58. The van der Waals surface area contributed by atoms with Crippen molar-refractivity contribution in [1.29, 1.82) is 0 Å². The third-order valence-electron chi connectivity index (χ3n) is 2.18. The summed E-state index contributed by atoms with van der Waals surface area (Å²) in [5, 5.41) is 5.09. The second-order valence-electron chi connectivity index (χ2n) is 3.53. The monoisotopic (exact) mass is 256 g/mol. The van der Waals surface area contributed by atoms with Crippen molar-refractivity contribution in [3.05, 3.63) is 40.1 Å². The Hall–Kier alpha value is -1.03. The van der Waals surface area contributed by atoms with Crippen LogP contribution in [0.25, 0.3) is 11.3 Å². The van der Waals surface area contributed by atoms with Gasteiger partial charge in [0.25, 0.3) is 0 Å². The van der Waals surface area contributed by atoms with Gasteiger partial charge in [-0.15, -0.1) is 0 Å². The van der Waals surface area contributed by atoms with Crippen molar-refractivity contribution in [3.63, 3.8) is 0 Å². The van der Waals surface area contributed by atoms with Gasteiger partial charge in [-0.1, -0.05) is 28.4 Å². The van der Waals surface area contributed by atoms with Crippen LogP contribution in [-0.4, -0.2) is 5.16 Å². The van der Waals surface area contributed by atoms with Gasteiger partial charge in [0.05, 0.1) is 11.1 Å². The summed E-state index contributed by atoms with van der Waals surface area (Å²) in [6.45, 7) is 1.82. The highest BCUT2D eigenvalue weighted by atomic mass is 35.5. The standard InChI is InChI=1S/C11H10Cl2N2O/c1-6(14)11-5-10(15-16-11)8-4-7(12)2-3-9(8)13/h2-6H,14H2,1H3. The predicted octanol–water partition coefficient (Wildman–Crippen LogP) is 3.67. The molecule has 2 rings (SSSR count). The van der Waals surface area contributed by atoms with Crippen LogP contribution in [0.3, 0.4) is 0 Å². The lowest BCUT2D eigenvalue weighted by atomic mass is 10.1. The number of nitrogens with zero attached hydrogens (tertiary/aromatic N) is 1. The summed E-state index contributed by atoms with van der Waals surface area (Å²) in [5.41, 5.74) is 7.06. The van der Waals surface area contributed by atoms with Crippen LogP contribution < -0.4 is 5.73 Å². The van der Waals surface area contributed by atoms with Crippen LogP contribution in [0.2, 0.25) is 10.0 Å². The first kappa shape index (κ1) is 11.5. The third kappa shape index (κ3) is 2.21. The largest absolute Gasteiger partial charge is 0.359 e. The van der Waals surface area contributed by atoms with E-state index in [1.165, 1.54) is 0 Å². The summed E-state index contributed by atoms with van der Waals surface area (Å²) >= 11 is 11.9. The molecule has 16 heavy (non-hydrogen) atoms. The molecule has 3 nitrogen and oxygen atoms in total. The molecule has 0 amide bonds. The van der Waals surface area contributed by atoms with Crippen molar-refractivity contribution in [1.82, 2.24) is 5.16 Å². The topological polar surface area (TPSA) is 52.0 Å². The second kappa shape index (κ2) is 4.45. The molecule has 1 aromatic heterocycles. The van der Waals surface area contributed by atoms with E-state index >= 15 is 0 Å². The SMILES string of the molecule is CC(N)c1cc(-c2cc(Cl)ccc2Cl)no1. The van der Waals surface area contributed by atoms with Crippen molar-refractivity contribution in [3.8, 4) is 11.3 Å². The quantitative estimate of drug-likeness (QED) is 0.892. The average Bonchev–Trinajstić information content (AvgIpc) is 2.70. The van der Waals surface area contributed by atoms with Gasteiger partial charge in [-0.3, -0.25) is 0 Å². The van der Waals surface area contributed by atoms with Gasteiger partial charge < -0.3 is 10.3 Å². The van der Waals surface area contributed by atoms with Crippen molar-refractivity contribution in [2.45, 2.75) is 13.0 Å². The molecule has 2 aromatic rings. The maximum Gasteiger partial charge on any atom is 0.153 e. The van der Waals surface area contributed by atoms with E-state index in [9.17, 15) is 0 Å². The fourth-order valence-corrected chi connectivity index (χ4v) is 1.71. The van der Waals surface area contributed by atoms with Crippen LogP contribution in [0.1, 0.15) is 18.7 Å². The van der Waals surface area contributed by atoms with Gasteiger partial charge in [-0.25, -0.2) is 0 Å². The molecule has 0 aliphatic rings. The summed E-state index contributed by atoms with van der Waals surface area (Å²) in [6, 6.07) is 6.76. The maximum atomic E-state index is 6.05. The number of aromatic nitrogens is 1. The molecule has 0 bridgehead atoms. The van der Waals surface area contributed by atoms with Crippen molar-refractivity contribution < 1.29 is 4.52 Å². The zero-order valence-corrected chi connectivity index (χ0v) is 10.1. The van der Waals surface area contributed by atoms with E-state index in [2.05, 4.69) is 5.16 Å². The molecule has 84 valence electrons. The summed E-state index contributed by atoms with van der Waals surface area (Å²) in [6.07, 6.45) is 0. The van der Waals surface area contributed by atoms with E-state index in [1.54, 1.807) is 24.3 Å². The van der Waals surface area contributed by atoms with Gasteiger partial charge in [-0.2, -0.15) is 0 Å². The lowest BCUT2D eigenvalue weighted by Gasteiger charge is -1.99. The first-order valence-corrected chi connectivity index (χ1v) is 5.51. The minimum absolute atomic E-state index is 0.195. The molecule has 0 fully saturated rings. The van der Waals surface area contributed by atoms with Crippen molar-refractivity contribution >= 4 is 23.2 Å². The fourth-order valence-electron chi connectivity index (χ4n) is 1.32. The smallest absolute Gasteiger partial charge is 0.153 e. The van der Waals surface area contributed by atoms with Crippen molar-refractivity contribution in [2.75, 3.05) is 0 Å². The highest BCUT2D eigenvalue weighted by Crippen LogP contribution is 2.30. The summed E-state index contributed by atoms with van der Waals surface area (Å²) in [5.74, 6) is 0.617. The van der Waals surface area contributed by atoms with Crippen LogP contribution in [0.15, 0.2) is 28.8 Å². The highest BCUT2D eigenvalue weighted by Gasteiger charge is 2.12. The molecule has 0 aliphatic carbocycles. The molecule has 0 aliphatic heterocycles.